The average molecular weight is 372 g/mol. The minimum absolute atomic E-state index is 0.0773. The summed E-state index contributed by atoms with van der Waals surface area (Å²) in [6.45, 7) is 3.15. The summed E-state index contributed by atoms with van der Waals surface area (Å²) in [6.07, 6.45) is 3.66. The van der Waals surface area contributed by atoms with Crippen LogP contribution >= 0.6 is 22.9 Å². The van der Waals surface area contributed by atoms with E-state index in [1.807, 2.05) is 41.4 Å². The van der Waals surface area contributed by atoms with Crippen molar-refractivity contribution in [1.82, 2.24) is 9.88 Å². The summed E-state index contributed by atoms with van der Waals surface area (Å²) in [5.41, 5.74) is 2.85. The van der Waals surface area contributed by atoms with Crippen LogP contribution in [0.1, 0.15) is 10.4 Å². The fourth-order valence-electron chi connectivity index (χ4n) is 3.18. The number of thiophene rings is 1. The highest BCUT2D eigenvalue weighted by atomic mass is 35.5. The lowest BCUT2D eigenvalue weighted by atomic mass is 10.1. The van der Waals surface area contributed by atoms with Crippen LogP contribution in [-0.4, -0.2) is 42.0 Å². The first-order valence-electron chi connectivity index (χ1n) is 8.24. The van der Waals surface area contributed by atoms with Gasteiger partial charge >= 0.3 is 0 Å². The van der Waals surface area contributed by atoms with E-state index < -0.39 is 0 Å². The van der Waals surface area contributed by atoms with Gasteiger partial charge in [-0.2, -0.15) is 0 Å². The first-order chi connectivity index (χ1) is 12.2. The Hall–Kier alpha value is -2.24. The second-order valence-electron chi connectivity index (χ2n) is 6.00. The van der Waals surface area contributed by atoms with Crippen molar-refractivity contribution in [2.45, 2.75) is 0 Å². The number of para-hydroxylation sites is 1. The first kappa shape index (κ1) is 16.2. The molecule has 0 atom stereocenters. The van der Waals surface area contributed by atoms with E-state index in [-0.39, 0.29) is 5.91 Å². The molecule has 128 valence electrons. The van der Waals surface area contributed by atoms with Crippen LogP contribution in [-0.2, 0) is 0 Å². The highest BCUT2D eigenvalue weighted by Gasteiger charge is 2.25. The van der Waals surface area contributed by atoms with Crippen molar-refractivity contribution in [3.8, 4) is 10.4 Å². The number of hydrogen-bond acceptors (Lipinski definition) is 3. The zero-order chi connectivity index (χ0) is 17.2. The first-order valence-corrected chi connectivity index (χ1v) is 9.43. The van der Waals surface area contributed by atoms with Crippen LogP contribution in [0.5, 0.6) is 0 Å². The number of carbonyl (C=O) groups is 1. The maximum Gasteiger partial charge on any atom is 0.256 e. The number of anilines is 1. The number of H-pyrrole nitrogens is 1. The number of aromatic nitrogens is 1. The molecule has 1 aliphatic heterocycles. The number of piperazine rings is 1. The number of hydrogen-bond donors (Lipinski definition) is 1. The van der Waals surface area contributed by atoms with Crippen LogP contribution in [0.25, 0.3) is 10.4 Å². The van der Waals surface area contributed by atoms with E-state index in [2.05, 4.69) is 22.0 Å². The molecule has 0 spiro atoms. The van der Waals surface area contributed by atoms with Gasteiger partial charge in [0.2, 0.25) is 0 Å². The van der Waals surface area contributed by atoms with E-state index in [4.69, 9.17) is 11.6 Å². The van der Waals surface area contributed by atoms with Crippen LogP contribution in [0, 0.1) is 0 Å². The number of carbonyl (C=O) groups excluding carboxylic acids is 1. The SMILES string of the molecule is O=C(c1c[nH]cc1-c1ccc(Cl)s1)N1CCN(c2ccccc2)CC1. The van der Waals surface area contributed by atoms with Gasteiger partial charge in [0.15, 0.2) is 0 Å². The number of benzene rings is 1. The van der Waals surface area contributed by atoms with Crippen LogP contribution < -0.4 is 4.90 Å². The normalized spacial score (nSPS) is 14.8. The molecule has 3 heterocycles. The summed E-state index contributed by atoms with van der Waals surface area (Å²) in [6, 6.07) is 14.2. The summed E-state index contributed by atoms with van der Waals surface area (Å²) < 4.78 is 0.728. The zero-order valence-electron chi connectivity index (χ0n) is 13.6. The molecule has 3 aromatic rings. The van der Waals surface area contributed by atoms with E-state index in [9.17, 15) is 4.79 Å². The van der Waals surface area contributed by atoms with Crippen molar-refractivity contribution in [2.24, 2.45) is 0 Å². The molecule has 0 aliphatic carbocycles. The lowest BCUT2D eigenvalue weighted by molar-refractivity contribution is 0.0748. The second-order valence-corrected chi connectivity index (χ2v) is 7.72. The molecule has 1 fully saturated rings. The van der Waals surface area contributed by atoms with Crippen molar-refractivity contribution in [2.75, 3.05) is 31.1 Å². The smallest absolute Gasteiger partial charge is 0.256 e. The Morgan fingerprint density at radius 3 is 2.44 bits per heavy atom. The summed E-state index contributed by atoms with van der Waals surface area (Å²) in [7, 11) is 0. The number of rotatable bonds is 3. The maximum absolute atomic E-state index is 13.0. The van der Waals surface area contributed by atoms with Gasteiger partial charge < -0.3 is 14.8 Å². The lowest BCUT2D eigenvalue weighted by Gasteiger charge is -2.36. The van der Waals surface area contributed by atoms with Crippen LogP contribution in [0.2, 0.25) is 4.34 Å². The average Bonchev–Trinajstić information content (AvgIpc) is 3.31. The predicted molar refractivity (Wildman–Crippen MR) is 104 cm³/mol. The Balaban J connectivity index is 1.47. The molecule has 0 saturated carbocycles. The standard InChI is InChI=1S/C19H18ClN3OS/c20-18-7-6-17(25-18)15-12-21-13-16(15)19(24)23-10-8-22(9-11-23)14-4-2-1-3-5-14/h1-7,12-13,21H,8-11H2. The quantitative estimate of drug-likeness (QED) is 0.743. The van der Waals surface area contributed by atoms with Crippen molar-refractivity contribution >= 4 is 34.5 Å². The highest BCUT2D eigenvalue weighted by Crippen LogP contribution is 2.33. The third-order valence-electron chi connectivity index (χ3n) is 4.50. The molecule has 6 heteroatoms. The topological polar surface area (TPSA) is 39.3 Å². The summed E-state index contributed by atoms with van der Waals surface area (Å²) >= 11 is 7.53. The maximum atomic E-state index is 13.0. The second kappa shape index (κ2) is 6.94. The molecular formula is C19H18ClN3OS. The molecule has 1 saturated heterocycles. The third-order valence-corrected chi connectivity index (χ3v) is 5.77. The molecule has 1 aromatic carbocycles. The molecule has 25 heavy (non-hydrogen) atoms. The van der Waals surface area contributed by atoms with Crippen molar-refractivity contribution in [1.29, 1.82) is 0 Å². The Labute approximate surface area is 155 Å². The van der Waals surface area contributed by atoms with Gasteiger partial charge in [0.1, 0.15) is 0 Å². The molecule has 4 rings (SSSR count). The van der Waals surface area contributed by atoms with Crippen molar-refractivity contribution < 1.29 is 4.79 Å². The minimum Gasteiger partial charge on any atom is -0.368 e. The lowest BCUT2D eigenvalue weighted by Crippen LogP contribution is -2.48. The van der Waals surface area contributed by atoms with Gasteiger partial charge in [-0.25, -0.2) is 0 Å². The Kier molecular flexibility index (Phi) is 4.51. The van der Waals surface area contributed by atoms with Crippen molar-refractivity contribution in [3.05, 3.63) is 64.8 Å². The van der Waals surface area contributed by atoms with E-state index in [0.29, 0.717) is 5.56 Å². The molecular weight excluding hydrogens is 354 g/mol. The molecule has 2 aromatic heterocycles. The summed E-state index contributed by atoms with van der Waals surface area (Å²) in [5, 5.41) is 0. The fraction of sp³-hybridized carbons (Fsp3) is 0.211. The Morgan fingerprint density at radius 1 is 1.00 bits per heavy atom. The van der Waals surface area contributed by atoms with Gasteiger partial charge in [-0.3, -0.25) is 4.79 Å². The van der Waals surface area contributed by atoms with Gasteiger partial charge in [0, 0.05) is 54.7 Å². The summed E-state index contributed by atoms with van der Waals surface area (Å²) in [4.78, 5) is 21.3. The number of amides is 1. The number of nitrogens with one attached hydrogen (secondary N) is 1. The highest BCUT2D eigenvalue weighted by molar-refractivity contribution is 7.19. The largest absolute Gasteiger partial charge is 0.368 e. The molecule has 1 N–H and O–H groups in total. The van der Waals surface area contributed by atoms with Crippen molar-refractivity contribution in [3.63, 3.8) is 0 Å². The predicted octanol–water partition coefficient (Wildman–Crippen LogP) is 4.36. The van der Waals surface area contributed by atoms with Gasteiger partial charge in [-0.15, -0.1) is 11.3 Å². The molecule has 1 aliphatic rings. The van der Waals surface area contributed by atoms with E-state index in [1.165, 1.54) is 17.0 Å². The van der Waals surface area contributed by atoms with Gasteiger partial charge in [-0.05, 0) is 24.3 Å². The van der Waals surface area contributed by atoms with E-state index in [0.717, 1.165) is 41.0 Å². The van der Waals surface area contributed by atoms with Gasteiger partial charge in [-0.1, -0.05) is 29.8 Å². The third kappa shape index (κ3) is 3.30. The van der Waals surface area contributed by atoms with Gasteiger partial charge in [0.25, 0.3) is 5.91 Å². The molecule has 0 unspecified atom stereocenters. The fourth-order valence-corrected chi connectivity index (χ4v) is 4.25. The Morgan fingerprint density at radius 2 is 1.76 bits per heavy atom. The Bertz CT molecular complexity index is 866. The number of nitrogens with zero attached hydrogens (tertiary/aromatic N) is 2. The monoisotopic (exact) mass is 371 g/mol. The number of halogens is 1. The molecule has 0 radical (unpaired) electrons. The van der Waals surface area contributed by atoms with Gasteiger partial charge in [0.05, 0.1) is 9.90 Å². The minimum atomic E-state index is 0.0773. The van der Waals surface area contributed by atoms with E-state index >= 15 is 0 Å². The zero-order valence-corrected chi connectivity index (χ0v) is 15.2. The molecule has 4 nitrogen and oxygen atoms in total. The number of aromatic amines is 1. The van der Waals surface area contributed by atoms with Crippen LogP contribution in [0.4, 0.5) is 5.69 Å². The van der Waals surface area contributed by atoms with E-state index in [1.54, 1.807) is 6.20 Å². The van der Waals surface area contributed by atoms with Crippen LogP contribution in [0.15, 0.2) is 54.9 Å². The van der Waals surface area contributed by atoms with Crippen LogP contribution in [0.3, 0.4) is 0 Å². The molecule has 0 bridgehead atoms. The summed E-state index contributed by atoms with van der Waals surface area (Å²) in [5.74, 6) is 0.0773. The molecule has 1 amide bonds.